The van der Waals surface area contributed by atoms with Crippen LogP contribution in [0.15, 0.2) is 39.5 Å². The largest absolute Gasteiger partial charge is 0.433 e. The van der Waals surface area contributed by atoms with Gasteiger partial charge in [0.15, 0.2) is 0 Å². The molecule has 1 aliphatic heterocycles. The minimum absolute atomic E-state index is 0.142. The zero-order valence-electron chi connectivity index (χ0n) is 17.4. The van der Waals surface area contributed by atoms with Gasteiger partial charge in [0.05, 0.1) is 18.3 Å². The second kappa shape index (κ2) is 8.58. The van der Waals surface area contributed by atoms with Crippen molar-refractivity contribution in [1.82, 2.24) is 19.6 Å². The number of amides is 1. The summed E-state index contributed by atoms with van der Waals surface area (Å²) in [6.07, 6.45) is 8.23. The quantitative estimate of drug-likeness (QED) is 0.337. The monoisotopic (exact) mass is 425 g/mol. The van der Waals surface area contributed by atoms with Crippen molar-refractivity contribution in [2.75, 3.05) is 13.1 Å². The van der Waals surface area contributed by atoms with Gasteiger partial charge in [-0.25, -0.2) is 4.98 Å². The first-order chi connectivity index (χ1) is 14.9. The van der Waals surface area contributed by atoms with Crippen LogP contribution in [-0.2, 0) is 11.3 Å². The average Bonchev–Trinajstić information content (AvgIpc) is 3.49. The minimum atomic E-state index is -0.612. The van der Waals surface area contributed by atoms with Gasteiger partial charge in [-0.05, 0) is 38.8 Å². The number of nitro groups is 1. The van der Waals surface area contributed by atoms with Crippen LogP contribution in [0.2, 0.25) is 0 Å². The van der Waals surface area contributed by atoms with Crippen molar-refractivity contribution in [3.8, 4) is 0 Å². The first-order valence-corrected chi connectivity index (χ1v) is 10.1. The summed E-state index contributed by atoms with van der Waals surface area (Å²) in [6.45, 7) is 5.73. The average molecular weight is 425 g/mol. The van der Waals surface area contributed by atoms with Crippen LogP contribution >= 0.6 is 0 Å². The second-order valence-electron chi connectivity index (χ2n) is 7.58. The van der Waals surface area contributed by atoms with Gasteiger partial charge in [-0.15, -0.1) is 0 Å². The molecule has 1 aliphatic rings. The maximum absolute atomic E-state index is 12.5. The Morgan fingerprint density at radius 3 is 2.74 bits per heavy atom. The first-order valence-electron chi connectivity index (χ1n) is 10.1. The van der Waals surface area contributed by atoms with E-state index in [1.807, 2.05) is 20.0 Å². The molecule has 0 spiro atoms. The molecule has 0 saturated carbocycles. The molecule has 3 aromatic rings. The summed E-state index contributed by atoms with van der Waals surface area (Å²) in [5.74, 6) is 1.86. The Morgan fingerprint density at radius 2 is 2.10 bits per heavy atom. The highest BCUT2D eigenvalue weighted by atomic mass is 16.6. The molecule has 4 heterocycles. The van der Waals surface area contributed by atoms with Crippen LogP contribution in [0, 0.1) is 24.0 Å². The van der Waals surface area contributed by atoms with Crippen LogP contribution < -0.4 is 0 Å². The van der Waals surface area contributed by atoms with Crippen molar-refractivity contribution >= 4 is 17.9 Å². The Hall–Kier alpha value is -3.69. The molecule has 1 saturated heterocycles. The van der Waals surface area contributed by atoms with E-state index < -0.39 is 4.92 Å². The van der Waals surface area contributed by atoms with Gasteiger partial charge in [0.2, 0.25) is 5.91 Å². The fourth-order valence-electron chi connectivity index (χ4n) is 3.86. The third kappa shape index (κ3) is 4.42. The molecule has 0 aliphatic carbocycles. The molecule has 10 nitrogen and oxygen atoms in total. The number of aromatic nitrogens is 3. The van der Waals surface area contributed by atoms with E-state index in [-0.39, 0.29) is 23.5 Å². The summed E-state index contributed by atoms with van der Waals surface area (Å²) in [7, 11) is 0. The highest BCUT2D eigenvalue weighted by Crippen LogP contribution is 2.28. The molecular formula is C21H23N5O5. The standard InChI is InChI=1S/C21H23N5O5/c1-14-18(15(2)31-23-14)13-25-12-9-22-21(25)16-7-10-24(11-8-16)19(27)5-3-17-4-6-20(30-17)26(28)29/h3-6,9,12,16H,7-8,10-11,13H2,1-2H3. The van der Waals surface area contributed by atoms with Gasteiger partial charge in [0.1, 0.15) is 22.3 Å². The lowest BCUT2D eigenvalue weighted by Crippen LogP contribution is -2.37. The van der Waals surface area contributed by atoms with Crippen LogP contribution in [0.5, 0.6) is 0 Å². The maximum Gasteiger partial charge on any atom is 0.433 e. The van der Waals surface area contributed by atoms with E-state index in [1.54, 1.807) is 11.1 Å². The van der Waals surface area contributed by atoms with Crippen LogP contribution in [0.1, 0.15) is 47.4 Å². The van der Waals surface area contributed by atoms with E-state index in [2.05, 4.69) is 14.7 Å². The van der Waals surface area contributed by atoms with E-state index >= 15 is 0 Å². The molecule has 0 N–H and O–H groups in total. The number of imidazole rings is 1. The number of likely N-dealkylation sites (tertiary alicyclic amines) is 1. The number of rotatable bonds is 6. The fraction of sp³-hybridized carbons (Fsp3) is 0.381. The Balaban J connectivity index is 1.36. The zero-order valence-corrected chi connectivity index (χ0v) is 17.4. The van der Waals surface area contributed by atoms with Gasteiger partial charge in [0, 0.05) is 43.0 Å². The Morgan fingerprint density at radius 1 is 1.32 bits per heavy atom. The van der Waals surface area contributed by atoms with E-state index in [1.165, 1.54) is 24.3 Å². The number of aryl methyl sites for hydroxylation is 2. The van der Waals surface area contributed by atoms with E-state index in [0.29, 0.717) is 19.6 Å². The second-order valence-corrected chi connectivity index (χ2v) is 7.58. The SMILES string of the molecule is Cc1noc(C)c1Cn1ccnc1C1CCN(C(=O)C=Cc2ccc([N+](=O)[O-])o2)CC1. The number of carbonyl (C=O) groups is 1. The Labute approximate surface area is 178 Å². The highest BCUT2D eigenvalue weighted by molar-refractivity contribution is 5.91. The lowest BCUT2D eigenvalue weighted by atomic mass is 9.95. The van der Waals surface area contributed by atoms with E-state index in [4.69, 9.17) is 8.94 Å². The molecule has 0 atom stereocenters. The molecule has 31 heavy (non-hydrogen) atoms. The van der Waals surface area contributed by atoms with Crippen LogP contribution in [0.4, 0.5) is 5.88 Å². The summed E-state index contributed by atoms with van der Waals surface area (Å²) in [6, 6.07) is 2.73. The number of nitrogens with zero attached hydrogens (tertiary/aromatic N) is 5. The molecular weight excluding hydrogens is 402 g/mol. The molecule has 1 fully saturated rings. The van der Waals surface area contributed by atoms with E-state index in [9.17, 15) is 14.9 Å². The topological polar surface area (TPSA) is 120 Å². The summed E-state index contributed by atoms with van der Waals surface area (Å²) in [5, 5.41) is 14.7. The lowest BCUT2D eigenvalue weighted by Gasteiger charge is -2.31. The number of carbonyl (C=O) groups excluding carboxylic acids is 1. The van der Waals surface area contributed by atoms with Gasteiger partial charge in [-0.2, -0.15) is 0 Å². The van der Waals surface area contributed by atoms with Crippen molar-refractivity contribution in [2.24, 2.45) is 0 Å². The van der Waals surface area contributed by atoms with Crippen LogP contribution in [0.3, 0.4) is 0 Å². The molecule has 162 valence electrons. The number of piperidine rings is 1. The first kappa shape index (κ1) is 20.6. The van der Waals surface area contributed by atoms with Crippen molar-refractivity contribution in [3.63, 3.8) is 0 Å². The van der Waals surface area contributed by atoms with Gasteiger partial charge >= 0.3 is 5.88 Å². The summed E-state index contributed by atoms with van der Waals surface area (Å²) < 4.78 is 12.4. The molecule has 10 heteroatoms. The normalized spacial score (nSPS) is 15.1. The van der Waals surface area contributed by atoms with Crippen LogP contribution in [-0.4, -0.2) is 43.5 Å². The van der Waals surface area contributed by atoms with Gasteiger partial charge < -0.3 is 18.4 Å². The van der Waals surface area contributed by atoms with Crippen molar-refractivity contribution < 1.29 is 18.7 Å². The molecule has 0 bridgehead atoms. The van der Waals surface area contributed by atoms with Crippen molar-refractivity contribution in [2.45, 2.75) is 39.2 Å². The summed E-state index contributed by atoms with van der Waals surface area (Å²) in [4.78, 5) is 28.9. The summed E-state index contributed by atoms with van der Waals surface area (Å²) in [5.41, 5.74) is 1.95. The Kier molecular flexibility index (Phi) is 5.70. The number of hydrogen-bond donors (Lipinski definition) is 0. The molecule has 4 rings (SSSR count). The van der Waals surface area contributed by atoms with Gasteiger partial charge in [-0.1, -0.05) is 5.16 Å². The van der Waals surface area contributed by atoms with Crippen molar-refractivity contribution in [3.05, 3.63) is 69.3 Å². The third-order valence-corrected chi connectivity index (χ3v) is 5.61. The highest BCUT2D eigenvalue weighted by Gasteiger charge is 2.26. The van der Waals surface area contributed by atoms with Gasteiger partial charge in [-0.3, -0.25) is 14.9 Å². The van der Waals surface area contributed by atoms with Crippen LogP contribution in [0.25, 0.3) is 6.08 Å². The van der Waals surface area contributed by atoms with E-state index in [0.717, 1.165) is 35.7 Å². The minimum Gasteiger partial charge on any atom is -0.401 e. The smallest absolute Gasteiger partial charge is 0.401 e. The molecule has 0 unspecified atom stereocenters. The fourth-order valence-corrected chi connectivity index (χ4v) is 3.86. The lowest BCUT2D eigenvalue weighted by molar-refractivity contribution is -0.402. The number of hydrogen-bond acceptors (Lipinski definition) is 7. The molecule has 3 aromatic heterocycles. The van der Waals surface area contributed by atoms with Crippen molar-refractivity contribution in [1.29, 1.82) is 0 Å². The summed E-state index contributed by atoms with van der Waals surface area (Å²) >= 11 is 0. The number of furan rings is 1. The van der Waals surface area contributed by atoms with Gasteiger partial charge in [0.25, 0.3) is 0 Å². The molecule has 0 aromatic carbocycles. The molecule has 1 amide bonds. The predicted octanol–water partition coefficient (Wildman–Crippen LogP) is 3.46. The Bertz CT molecular complexity index is 1100. The zero-order chi connectivity index (χ0) is 22.0. The maximum atomic E-state index is 12.5. The predicted molar refractivity (Wildman–Crippen MR) is 110 cm³/mol. The molecule has 0 radical (unpaired) electrons. The third-order valence-electron chi connectivity index (χ3n) is 5.61.